The molecule has 0 atom stereocenters. The van der Waals surface area contributed by atoms with Gasteiger partial charge >= 0.3 is 6.03 Å². The predicted octanol–water partition coefficient (Wildman–Crippen LogP) is 1.64. The summed E-state index contributed by atoms with van der Waals surface area (Å²) in [5.74, 6) is -1.18. The number of halogens is 2. The number of nitrogens with two attached hydrogens (primary N) is 1. The molecule has 0 saturated heterocycles. The number of amides is 2. The molecule has 70 valence electrons. The van der Waals surface area contributed by atoms with Gasteiger partial charge in [0, 0.05) is 0 Å². The SMILES string of the molecule is NC(=O)NSc1cc(F)ccc1F. The number of primary amides is 1. The first-order valence-corrected chi connectivity index (χ1v) is 4.08. The van der Waals surface area contributed by atoms with Gasteiger partial charge in [0.15, 0.2) is 0 Å². The lowest BCUT2D eigenvalue weighted by molar-refractivity contribution is 0.254. The maximum absolute atomic E-state index is 12.8. The van der Waals surface area contributed by atoms with Crippen LogP contribution in [0.15, 0.2) is 23.1 Å². The molecule has 0 heterocycles. The van der Waals surface area contributed by atoms with Crippen molar-refractivity contribution in [1.29, 1.82) is 0 Å². The summed E-state index contributed by atoms with van der Waals surface area (Å²) >= 11 is 0.630. The Morgan fingerprint density at radius 3 is 2.77 bits per heavy atom. The first-order chi connectivity index (χ1) is 6.09. The smallest absolute Gasteiger partial charge is 0.322 e. The fourth-order valence-corrected chi connectivity index (χ4v) is 1.21. The molecule has 1 rings (SSSR count). The molecule has 3 nitrogen and oxygen atoms in total. The van der Waals surface area contributed by atoms with E-state index >= 15 is 0 Å². The van der Waals surface area contributed by atoms with Crippen molar-refractivity contribution in [3.05, 3.63) is 29.8 Å². The zero-order chi connectivity index (χ0) is 9.84. The van der Waals surface area contributed by atoms with E-state index < -0.39 is 17.7 Å². The molecular weight excluding hydrogens is 198 g/mol. The minimum absolute atomic E-state index is 0.0150. The third kappa shape index (κ3) is 2.90. The van der Waals surface area contributed by atoms with Crippen molar-refractivity contribution >= 4 is 18.0 Å². The van der Waals surface area contributed by atoms with Crippen LogP contribution in [0.2, 0.25) is 0 Å². The number of benzene rings is 1. The maximum atomic E-state index is 12.8. The molecule has 0 aliphatic carbocycles. The second-order valence-corrected chi connectivity index (χ2v) is 2.99. The zero-order valence-electron chi connectivity index (χ0n) is 6.38. The largest absolute Gasteiger partial charge is 0.351 e. The highest BCUT2D eigenvalue weighted by molar-refractivity contribution is 7.98. The van der Waals surface area contributed by atoms with Crippen LogP contribution in [0.3, 0.4) is 0 Å². The van der Waals surface area contributed by atoms with Crippen LogP contribution in [0.1, 0.15) is 0 Å². The van der Waals surface area contributed by atoms with Crippen LogP contribution >= 0.6 is 11.9 Å². The number of hydrogen-bond acceptors (Lipinski definition) is 2. The van der Waals surface area contributed by atoms with Gasteiger partial charge in [-0.05, 0) is 30.1 Å². The van der Waals surface area contributed by atoms with Crippen LogP contribution in [0.25, 0.3) is 0 Å². The summed E-state index contributed by atoms with van der Waals surface area (Å²) in [5.41, 5.74) is 4.74. The van der Waals surface area contributed by atoms with E-state index in [9.17, 15) is 13.6 Å². The lowest BCUT2D eigenvalue weighted by Gasteiger charge is -2.01. The molecule has 6 heteroatoms. The van der Waals surface area contributed by atoms with Crippen LogP contribution in [-0.2, 0) is 0 Å². The third-order valence-corrected chi connectivity index (χ3v) is 1.99. The Balaban J connectivity index is 2.75. The van der Waals surface area contributed by atoms with Crippen molar-refractivity contribution in [3.63, 3.8) is 0 Å². The summed E-state index contributed by atoms with van der Waals surface area (Å²) in [5, 5.41) is 0. The fraction of sp³-hybridized carbons (Fsp3) is 0. The van der Waals surface area contributed by atoms with Gasteiger partial charge in [-0.2, -0.15) is 0 Å². The van der Waals surface area contributed by atoms with Crippen LogP contribution in [0.5, 0.6) is 0 Å². The average molecular weight is 204 g/mol. The first-order valence-electron chi connectivity index (χ1n) is 3.27. The Kier molecular flexibility index (Phi) is 3.07. The van der Waals surface area contributed by atoms with Crippen molar-refractivity contribution in [3.8, 4) is 0 Å². The van der Waals surface area contributed by atoms with Gasteiger partial charge in [-0.1, -0.05) is 0 Å². The highest BCUT2D eigenvalue weighted by Gasteiger charge is 2.04. The van der Waals surface area contributed by atoms with Crippen LogP contribution in [-0.4, -0.2) is 6.03 Å². The summed E-state index contributed by atoms with van der Waals surface area (Å²) in [7, 11) is 0. The first kappa shape index (κ1) is 9.79. The molecule has 0 aliphatic heterocycles. The van der Waals surface area contributed by atoms with E-state index in [1.807, 2.05) is 0 Å². The average Bonchev–Trinajstić information content (AvgIpc) is 2.06. The van der Waals surface area contributed by atoms with Gasteiger partial charge in [-0.3, -0.25) is 4.72 Å². The summed E-state index contributed by atoms with van der Waals surface area (Å²) in [4.78, 5) is 10.2. The van der Waals surface area contributed by atoms with E-state index in [2.05, 4.69) is 4.72 Å². The van der Waals surface area contributed by atoms with Crippen molar-refractivity contribution < 1.29 is 13.6 Å². The molecule has 0 aliphatic rings. The quantitative estimate of drug-likeness (QED) is 0.719. The lowest BCUT2D eigenvalue weighted by Crippen LogP contribution is -2.22. The van der Waals surface area contributed by atoms with E-state index in [1.165, 1.54) is 0 Å². The molecular formula is C7H6F2N2OS. The molecule has 13 heavy (non-hydrogen) atoms. The van der Waals surface area contributed by atoms with Crippen molar-refractivity contribution in [2.45, 2.75) is 4.90 Å². The van der Waals surface area contributed by atoms with Gasteiger partial charge in [0.2, 0.25) is 0 Å². The van der Waals surface area contributed by atoms with Crippen molar-refractivity contribution in [2.75, 3.05) is 0 Å². The van der Waals surface area contributed by atoms with Gasteiger partial charge in [0.05, 0.1) is 4.90 Å². The van der Waals surface area contributed by atoms with Gasteiger partial charge in [0.25, 0.3) is 0 Å². The van der Waals surface area contributed by atoms with Crippen LogP contribution < -0.4 is 10.5 Å². The van der Waals surface area contributed by atoms with Crippen LogP contribution in [0.4, 0.5) is 13.6 Å². The summed E-state index contributed by atoms with van der Waals surface area (Å²) < 4.78 is 27.5. The second-order valence-electron chi connectivity index (χ2n) is 2.14. The normalized spacial score (nSPS) is 9.69. The Hall–Kier alpha value is -1.30. The second kappa shape index (κ2) is 4.08. The number of rotatable bonds is 2. The molecule has 0 spiro atoms. The summed E-state index contributed by atoms with van der Waals surface area (Å²) in [6.07, 6.45) is 0. The molecule has 0 aromatic heterocycles. The molecule has 3 N–H and O–H groups in total. The standard InChI is InChI=1S/C7H6F2N2OS/c8-4-1-2-5(9)6(3-4)13-11-7(10)12/h1-3H,(H3,10,11,12). The topological polar surface area (TPSA) is 55.1 Å². The number of hydrogen-bond donors (Lipinski definition) is 2. The minimum atomic E-state index is -0.811. The van der Waals surface area contributed by atoms with Gasteiger partial charge in [-0.15, -0.1) is 0 Å². The third-order valence-electron chi connectivity index (χ3n) is 1.15. The molecule has 0 saturated carbocycles. The molecule has 0 bridgehead atoms. The summed E-state index contributed by atoms with van der Waals surface area (Å²) in [6, 6.07) is 2.12. The highest BCUT2D eigenvalue weighted by Crippen LogP contribution is 2.19. The predicted molar refractivity (Wildman–Crippen MR) is 44.9 cm³/mol. The highest BCUT2D eigenvalue weighted by atomic mass is 32.2. The maximum Gasteiger partial charge on any atom is 0.322 e. The zero-order valence-corrected chi connectivity index (χ0v) is 7.20. The van der Waals surface area contributed by atoms with Crippen molar-refractivity contribution in [1.82, 2.24) is 4.72 Å². The Morgan fingerprint density at radius 2 is 2.15 bits per heavy atom. The molecule has 1 aromatic carbocycles. The van der Waals surface area contributed by atoms with Gasteiger partial charge < -0.3 is 5.73 Å². The fourth-order valence-electron chi connectivity index (χ4n) is 0.661. The van der Waals surface area contributed by atoms with E-state index in [0.717, 1.165) is 18.2 Å². The minimum Gasteiger partial charge on any atom is -0.351 e. The number of nitrogens with one attached hydrogen (secondary N) is 1. The van der Waals surface area contributed by atoms with E-state index in [-0.39, 0.29) is 4.90 Å². The summed E-state index contributed by atoms with van der Waals surface area (Å²) in [6.45, 7) is 0. The van der Waals surface area contributed by atoms with E-state index in [0.29, 0.717) is 11.9 Å². The van der Waals surface area contributed by atoms with Gasteiger partial charge in [0.1, 0.15) is 11.6 Å². The number of urea groups is 1. The molecule has 0 radical (unpaired) electrons. The van der Waals surface area contributed by atoms with E-state index in [4.69, 9.17) is 5.73 Å². The molecule has 0 fully saturated rings. The molecule has 2 amide bonds. The van der Waals surface area contributed by atoms with E-state index in [1.54, 1.807) is 0 Å². The Bertz CT molecular complexity index is 332. The Morgan fingerprint density at radius 1 is 1.46 bits per heavy atom. The number of carbonyl (C=O) groups excluding carboxylic acids is 1. The van der Waals surface area contributed by atoms with Crippen molar-refractivity contribution in [2.24, 2.45) is 5.73 Å². The lowest BCUT2D eigenvalue weighted by atomic mass is 10.3. The number of carbonyl (C=O) groups is 1. The monoisotopic (exact) mass is 204 g/mol. The van der Waals surface area contributed by atoms with Crippen LogP contribution in [0, 0.1) is 11.6 Å². The Labute approximate surface area is 77.4 Å². The van der Waals surface area contributed by atoms with Gasteiger partial charge in [-0.25, -0.2) is 13.6 Å². The molecule has 0 unspecified atom stereocenters. The molecule has 1 aromatic rings.